The normalized spacial score (nSPS) is 11.8. The maximum Gasteiger partial charge on any atom is 0.411 e. The highest BCUT2D eigenvalue weighted by Crippen LogP contribution is 2.17. The maximum atomic E-state index is 11.9. The second kappa shape index (κ2) is 7.32. The van der Waals surface area contributed by atoms with Crippen LogP contribution in [0.15, 0.2) is 4.47 Å². The molecule has 0 aliphatic rings. The molecule has 4 nitrogen and oxygen atoms in total. The van der Waals surface area contributed by atoms with Gasteiger partial charge in [-0.2, -0.15) is 13.2 Å². The number of aromatic nitrogens is 2. The largest absolute Gasteiger partial charge is 0.411 e. The predicted octanol–water partition coefficient (Wildman–Crippen LogP) is 3.17. The smallest absolute Gasteiger partial charge is 0.378 e. The maximum absolute atomic E-state index is 11.9. The molecule has 0 aliphatic carbocycles. The molecule has 0 unspecified atom stereocenters. The Morgan fingerprint density at radius 1 is 1.42 bits per heavy atom. The van der Waals surface area contributed by atoms with Crippen LogP contribution >= 0.6 is 28.1 Å². The minimum absolute atomic E-state index is 0.0914. The molecule has 0 fully saturated rings. The van der Waals surface area contributed by atoms with E-state index in [2.05, 4.69) is 30.6 Å². The SMILES string of the molecule is COCc1[nH]c(CCOCC(F)(F)F)nc(=S)c1Br. The van der Waals surface area contributed by atoms with E-state index in [9.17, 15) is 13.2 Å². The van der Waals surface area contributed by atoms with Gasteiger partial charge in [0.05, 0.1) is 23.4 Å². The van der Waals surface area contributed by atoms with E-state index >= 15 is 0 Å². The van der Waals surface area contributed by atoms with Gasteiger partial charge in [-0.3, -0.25) is 0 Å². The number of nitrogens with one attached hydrogen (secondary N) is 1. The molecule has 0 aliphatic heterocycles. The average Bonchev–Trinajstić information content (AvgIpc) is 2.30. The van der Waals surface area contributed by atoms with Gasteiger partial charge in [0.15, 0.2) is 0 Å². The van der Waals surface area contributed by atoms with Crippen molar-refractivity contribution in [3.8, 4) is 0 Å². The topological polar surface area (TPSA) is 47.1 Å². The second-order valence-corrected chi connectivity index (χ2v) is 4.81. The van der Waals surface area contributed by atoms with E-state index in [-0.39, 0.29) is 13.0 Å². The van der Waals surface area contributed by atoms with E-state index in [0.717, 1.165) is 0 Å². The number of hydrogen-bond acceptors (Lipinski definition) is 4. The molecular formula is C10H12BrF3N2O2S. The lowest BCUT2D eigenvalue weighted by Crippen LogP contribution is -2.18. The number of H-pyrrole nitrogens is 1. The summed E-state index contributed by atoms with van der Waals surface area (Å²) in [7, 11) is 1.52. The minimum atomic E-state index is -4.32. The molecule has 0 saturated heterocycles. The van der Waals surface area contributed by atoms with Crippen LogP contribution in [0.2, 0.25) is 0 Å². The van der Waals surface area contributed by atoms with Crippen molar-refractivity contribution in [2.24, 2.45) is 0 Å². The van der Waals surface area contributed by atoms with Crippen molar-refractivity contribution in [2.45, 2.75) is 19.2 Å². The molecule has 1 N–H and O–H groups in total. The number of ether oxygens (including phenoxy) is 2. The fourth-order valence-electron chi connectivity index (χ4n) is 1.28. The molecule has 1 heterocycles. The summed E-state index contributed by atoms with van der Waals surface area (Å²) in [6, 6.07) is 0. The summed E-state index contributed by atoms with van der Waals surface area (Å²) in [5, 5.41) is 0. The Morgan fingerprint density at radius 3 is 2.68 bits per heavy atom. The van der Waals surface area contributed by atoms with E-state index < -0.39 is 12.8 Å². The zero-order valence-corrected chi connectivity index (χ0v) is 12.4. The predicted molar refractivity (Wildman–Crippen MR) is 68.4 cm³/mol. The monoisotopic (exact) mass is 360 g/mol. The number of rotatable bonds is 6. The van der Waals surface area contributed by atoms with Crippen molar-refractivity contribution < 1.29 is 22.6 Å². The second-order valence-electron chi connectivity index (χ2n) is 3.63. The zero-order valence-electron chi connectivity index (χ0n) is 10.0. The van der Waals surface area contributed by atoms with E-state index in [4.69, 9.17) is 17.0 Å². The first-order valence-electron chi connectivity index (χ1n) is 5.24. The lowest BCUT2D eigenvalue weighted by Gasteiger charge is -2.09. The van der Waals surface area contributed by atoms with Gasteiger partial charge in [0.2, 0.25) is 0 Å². The van der Waals surface area contributed by atoms with Crippen molar-refractivity contribution in [3.05, 3.63) is 20.6 Å². The lowest BCUT2D eigenvalue weighted by atomic mass is 10.3. The summed E-state index contributed by atoms with van der Waals surface area (Å²) in [6.07, 6.45) is -4.11. The number of methoxy groups -OCH3 is 1. The summed E-state index contributed by atoms with van der Waals surface area (Å²) >= 11 is 8.29. The average molecular weight is 361 g/mol. The standard InChI is InChI=1S/C10H12BrF3N2O2S/c1-17-4-6-8(11)9(19)16-7(15-6)2-3-18-5-10(12,13)14/h2-5H2,1H3,(H,15,16,19). The van der Waals surface area contributed by atoms with Gasteiger partial charge in [-0.15, -0.1) is 0 Å². The molecule has 1 aromatic rings. The van der Waals surface area contributed by atoms with Crippen molar-refractivity contribution in [2.75, 3.05) is 20.3 Å². The Labute approximate surface area is 121 Å². The first kappa shape index (κ1) is 16.5. The van der Waals surface area contributed by atoms with Gasteiger partial charge in [-0.25, -0.2) is 4.98 Å². The fourth-order valence-corrected chi connectivity index (χ4v) is 1.81. The van der Waals surface area contributed by atoms with Gasteiger partial charge >= 0.3 is 6.18 Å². The molecule has 0 saturated carbocycles. The molecule has 0 atom stereocenters. The molecule has 0 radical (unpaired) electrons. The highest BCUT2D eigenvalue weighted by Gasteiger charge is 2.27. The van der Waals surface area contributed by atoms with Gasteiger partial charge in [0.1, 0.15) is 17.1 Å². The summed E-state index contributed by atoms with van der Waals surface area (Å²) < 4.78 is 46.1. The Bertz CT molecular complexity index is 479. The van der Waals surface area contributed by atoms with E-state index in [1.54, 1.807) is 0 Å². The van der Waals surface area contributed by atoms with Crippen LogP contribution in [-0.2, 0) is 22.5 Å². The van der Waals surface area contributed by atoms with E-state index in [0.29, 0.717) is 27.2 Å². The van der Waals surface area contributed by atoms with E-state index in [1.807, 2.05) is 0 Å². The quantitative estimate of drug-likeness (QED) is 0.625. The first-order valence-corrected chi connectivity index (χ1v) is 6.44. The van der Waals surface area contributed by atoms with Crippen LogP contribution in [0, 0.1) is 4.64 Å². The molecule has 108 valence electrons. The van der Waals surface area contributed by atoms with Crippen LogP contribution in [0.4, 0.5) is 13.2 Å². The number of alkyl halides is 3. The number of hydrogen-bond donors (Lipinski definition) is 1. The fraction of sp³-hybridized carbons (Fsp3) is 0.600. The third-order valence-electron chi connectivity index (χ3n) is 2.02. The third kappa shape index (κ3) is 5.98. The van der Waals surface area contributed by atoms with Crippen molar-refractivity contribution in [1.29, 1.82) is 0 Å². The number of nitrogens with zero attached hydrogens (tertiary/aromatic N) is 1. The summed E-state index contributed by atoms with van der Waals surface area (Å²) in [5.41, 5.74) is 0.688. The van der Waals surface area contributed by atoms with Crippen LogP contribution in [0.5, 0.6) is 0 Å². The Kier molecular flexibility index (Phi) is 6.37. The summed E-state index contributed by atoms with van der Waals surface area (Å²) in [6.45, 7) is -1.07. The van der Waals surface area contributed by atoms with E-state index in [1.165, 1.54) is 7.11 Å². The van der Waals surface area contributed by atoms with Gasteiger partial charge in [0.25, 0.3) is 0 Å². The highest BCUT2D eigenvalue weighted by molar-refractivity contribution is 9.10. The number of halogens is 4. The molecule has 9 heteroatoms. The van der Waals surface area contributed by atoms with Crippen LogP contribution in [-0.4, -0.2) is 36.5 Å². The van der Waals surface area contributed by atoms with Crippen molar-refractivity contribution >= 4 is 28.1 Å². The van der Waals surface area contributed by atoms with Crippen molar-refractivity contribution in [1.82, 2.24) is 9.97 Å². The minimum Gasteiger partial charge on any atom is -0.378 e. The Hall–Kier alpha value is -0.510. The van der Waals surface area contributed by atoms with Crippen LogP contribution in [0.25, 0.3) is 0 Å². The molecule has 1 aromatic heterocycles. The Balaban J connectivity index is 2.62. The number of aromatic amines is 1. The lowest BCUT2D eigenvalue weighted by molar-refractivity contribution is -0.173. The molecule has 1 rings (SSSR count). The molecule has 0 spiro atoms. The molecule has 0 aromatic carbocycles. The van der Waals surface area contributed by atoms with Gasteiger partial charge in [0, 0.05) is 13.5 Å². The molecule has 0 bridgehead atoms. The first-order chi connectivity index (χ1) is 8.83. The van der Waals surface area contributed by atoms with Gasteiger partial charge in [-0.05, 0) is 15.9 Å². The molecular weight excluding hydrogens is 349 g/mol. The molecule has 19 heavy (non-hydrogen) atoms. The van der Waals surface area contributed by atoms with Crippen molar-refractivity contribution in [3.63, 3.8) is 0 Å². The van der Waals surface area contributed by atoms with Crippen LogP contribution < -0.4 is 0 Å². The third-order valence-corrected chi connectivity index (χ3v) is 3.43. The van der Waals surface area contributed by atoms with Crippen LogP contribution in [0.1, 0.15) is 11.5 Å². The highest BCUT2D eigenvalue weighted by atomic mass is 79.9. The zero-order chi connectivity index (χ0) is 14.5. The van der Waals surface area contributed by atoms with Crippen LogP contribution in [0.3, 0.4) is 0 Å². The van der Waals surface area contributed by atoms with Gasteiger partial charge in [-0.1, -0.05) is 12.2 Å². The molecule has 0 amide bonds. The summed E-state index contributed by atoms with van der Waals surface area (Å²) in [4.78, 5) is 6.99. The van der Waals surface area contributed by atoms with Gasteiger partial charge < -0.3 is 14.5 Å². The Morgan fingerprint density at radius 2 is 2.11 bits per heavy atom. The summed E-state index contributed by atoms with van der Waals surface area (Å²) in [5.74, 6) is 0.461.